The Morgan fingerprint density at radius 3 is 2.48 bits per heavy atom. The minimum atomic E-state index is -4.97. The maximum absolute atomic E-state index is 12.2. The summed E-state index contributed by atoms with van der Waals surface area (Å²) >= 11 is 0. The lowest BCUT2D eigenvalue weighted by molar-refractivity contribution is -0.165. The highest BCUT2D eigenvalue weighted by Crippen LogP contribution is 2.19. The summed E-state index contributed by atoms with van der Waals surface area (Å²) in [5, 5.41) is 5.21. The van der Waals surface area contributed by atoms with Gasteiger partial charge >= 0.3 is 12.1 Å². The number of benzene rings is 1. The Balaban J connectivity index is 1.91. The Labute approximate surface area is 153 Å². The number of nitrogens with one attached hydrogen (secondary N) is 2. The Morgan fingerprint density at radius 2 is 1.81 bits per heavy atom. The van der Waals surface area contributed by atoms with Crippen molar-refractivity contribution in [1.82, 2.24) is 5.32 Å². The average molecular weight is 384 g/mol. The minimum absolute atomic E-state index is 0.0234. The van der Waals surface area contributed by atoms with Crippen LogP contribution in [0.1, 0.15) is 36.0 Å². The standard InChI is InChI=1S/C18H19F3N2O4/c19-18(20,21)15(24)9-10-22-14-8-4-3-7-13(14)17(26)27-11-16(25)23-12-5-1-2-6-12/h3-4,7-10,12,22H,1-2,5-6,11H2,(H,23,25)/b10-9+. The zero-order valence-corrected chi connectivity index (χ0v) is 14.3. The van der Waals surface area contributed by atoms with E-state index in [9.17, 15) is 27.6 Å². The molecule has 2 rings (SSSR count). The highest BCUT2D eigenvalue weighted by molar-refractivity contribution is 5.97. The van der Waals surface area contributed by atoms with Crippen LogP contribution in [-0.2, 0) is 14.3 Å². The number of esters is 1. The van der Waals surface area contributed by atoms with Crippen LogP contribution in [0.25, 0.3) is 0 Å². The van der Waals surface area contributed by atoms with Gasteiger partial charge < -0.3 is 15.4 Å². The molecule has 2 N–H and O–H groups in total. The number of carbonyl (C=O) groups is 3. The van der Waals surface area contributed by atoms with Gasteiger partial charge in [-0.05, 0) is 25.0 Å². The van der Waals surface area contributed by atoms with Gasteiger partial charge in [0.15, 0.2) is 6.61 Å². The smallest absolute Gasteiger partial charge is 0.452 e. The van der Waals surface area contributed by atoms with Gasteiger partial charge in [-0.1, -0.05) is 25.0 Å². The highest BCUT2D eigenvalue weighted by Gasteiger charge is 2.36. The number of ketones is 1. The molecule has 0 spiro atoms. The number of halogens is 3. The monoisotopic (exact) mass is 384 g/mol. The van der Waals surface area contributed by atoms with E-state index in [-0.39, 0.29) is 17.3 Å². The number of allylic oxidation sites excluding steroid dienone is 1. The third-order valence-corrected chi connectivity index (χ3v) is 3.95. The van der Waals surface area contributed by atoms with Gasteiger partial charge in [-0.15, -0.1) is 0 Å². The third-order valence-electron chi connectivity index (χ3n) is 3.95. The SMILES string of the molecule is O=C(COC(=O)c1ccccc1N/C=C/C(=O)C(F)(F)F)NC1CCCC1. The third kappa shape index (κ3) is 6.43. The second kappa shape index (κ2) is 9.20. The Kier molecular flexibility index (Phi) is 6.98. The van der Waals surface area contributed by atoms with Crippen molar-refractivity contribution in [2.24, 2.45) is 0 Å². The van der Waals surface area contributed by atoms with E-state index in [1.807, 2.05) is 0 Å². The number of ether oxygens (including phenoxy) is 1. The van der Waals surface area contributed by atoms with Crippen LogP contribution in [0.3, 0.4) is 0 Å². The molecule has 1 aliphatic carbocycles. The Bertz CT molecular complexity index is 726. The van der Waals surface area contributed by atoms with Gasteiger partial charge in [-0.3, -0.25) is 9.59 Å². The summed E-state index contributed by atoms with van der Waals surface area (Å²) < 4.78 is 41.5. The highest BCUT2D eigenvalue weighted by atomic mass is 19.4. The van der Waals surface area contributed by atoms with Crippen LogP contribution in [-0.4, -0.2) is 36.5 Å². The number of alkyl halides is 3. The predicted molar refractivity (Wildman–Crippen MR) is 90.9 cm³/mol. The first kappa shape index (κ1) is 20.5. The number of para-hydroxylation sites is 1. The summed E-state index contributed by atoms with van der Waals surface area (Å²) in [6.07, 6.45) is 0.0301. The first-order chi connectivity index (χ1) is 12.8. The molecule has 9 heteroatoms. The lowest BCUT2D eigenvalue weighted by Crippen LogP contribution is -2.35. The van der Waals surface area contributed by atoms with Crippen molar-refractivity contribution in [1.29, 1.82) is 0 Å². The van der Waals surface area contributed by atoms with Crippen LogP contribution in [0.2, 0.25) is 0 Å². The van der Waals surface area contributed by atoms with Crippen molar-refractivity contribution in [3.8, 4) is 0 Å². The molecule has 1 amide bonds. The van der Waals surface area contributed by atoms with Crippen LogP contribution in [0.15, 0.2) is 36.5 Å². The molecule has 1 aromatic rings. The molecule has 0 bridgehead atoms. The summed E-state index contributed by atoms with van der Waals surface area (Å²) in [4.78, 5) is 34.8. The van der Waals surface area contributed by atoms with E-state index < -0.39 is 30.4 Å². The number of amides is 1. The molecule has 1 saturated carbocycles. The molecule has 0 aliphatic heterocycles. The summed E-state index contributed by atoms with van der Waals surface area (Å²) in [5.41, 5.74) is 0.167. The number of carbonyl (C=O) groups excluding carboxylic acids is 3. The lowest BCUT2D eigenvalue weighted by Gasteiger charge is -2.13. The zero-order chi connectivity index (χ0) is 19.9. The number of rotatable bonds is 7. The lowest BCUT2D eigenvalue weighted by atomic mass is 10.2. The second-order valence-electron chi connectivity index (χ2n) is 6.01. The first-order valence-electron chi connectivity index (χ1n) is 8.37. The molecule has 27 heavy (non-hydrogen) atoms. The molecule has 1 aromatic carbocycles. The summed E-state index contributed by atoms with van der Waals surface area (Å²) in [7, 11) is 0. The van der Waals surface area contributed by atoms with Crippen molar-refractivity contribution in [2.45, 2.75) is 37.9 Å². The molecule has 146 valence electrons. The fourth-order valence-electron chi connectivity index (χ4n) is 2.64. The van der Waals surface area contributed by atoms with Gasteiger partial charge in [0.05, 0.1) is 11.3 Å². The quantitative estimate of drug-likeness (QED) is 0.558. The van der Waals surface area contributed by atoms with Crippen LogP contribution in [0.5, 0.6) is 0 Å². The van der Waals surface area contributed by atoms with Gasteiger partial charge in [0.25, 0.3) is 11.7 Å². The van der Waals surface area contributed by atoms with Crippen molar-refractivity contribution >= 4 is 23.3 Å². The molecule has 6 nitrogen and oxygen atoms in total. The van der Waals surface area contributed by atoms with E-state index in [1.54, 1.807) is 6.07 Å². The van der Waals surface area contributed by atoms with Crippen LogP contribution in [0, 0.1) is 0 Å². The summed E-state index contributed by atoms with van der Waals surface area (Å²) in [6, 6.07) is 5.99. The topological polar surface area (TPSA) is 84.5 Å². The largest absolute Gasteiger partial charge is 0.454 e. The van der Waals surface area contributed by atoms with Crippen LogP contribution >= 0.6 is 0 Å². The van der Waals surface area contributed by atoms with E-state index in [0.29, 0.717) is 6.08 Å². The molecule has 0 saturated heterocycles. The molecule has 0 unspecified atom stereocenters. The van der Waals surface area contributed by atoms with Gasteiger partial charge in [0, 0.05) is 18.3 Å². The maximum atomic E-state index is 12.2. The van der Waals surface area contributed by atoms with E-state index in [2.05, 4.69) is 10.6 Å². The molecular formula is C18H19F3N2O4. The van der Waals surface area contributed by atoms with Crippen LogP contribution in [0.4, 0.5) is 18.9 Å². The molecule has 0 atom stereocenters. The molecule has 1 aliphatic rings. The Hall–Kier alpha value is -2.84. The summed E-state index contributed by atoms with van der Waals surface area (Å²) in [6.45, 7) is -0.452. The predicted octanol–water partition coefficient (Wildman–Crippen LogP) is 2.96. The molecule has 0 aromatic heterocycles. The number of hydrogen-bond acceptors (Lipinski definition) is 5. The fraction of sp³-hybridized carbons (Fsp3) is 0.389. The number of anilines is 1. The van der Waals surface area contributed by atoms with E-state index >= 15 is 0 Å². The summed E-state index contributed by atoms with van der Waals surface area (Å²) in [5.74, 6) is -3.25. The fourth-order valence-corrected chi connectivity index (χ4v) is 2.64. The van der Waals surface area contributed by atoms with Crippen molar-refractivity contribution in [3.05, 3.63) is 42.1 Å². The van der Waals surface area contributed by atoms with E-state index in [0.717, 1.165) is 31.9 Å². The van der Waals surface area contributed by atoms with Crippen LogP contribution < -0.4 is 10.6 Å². The molecule has 0 radical (unpaired) electrons. The average Bonchev–Trinajstić information content (AvgIpc) is 3.12. The van der Waals surface area contributed by atoms with Gasteiger partial charge in [-0.2, -0.15) is 13.2 Å². The molecule has 1 fully saturated rings. The van der Waals surface area contributed by atoms with Crippen molar-refractivity contribution in [2.75, 3.05) is 11.9 Å². The molecule has 0 heterocycles. The normalized spacial score (nSPS) is 14.9. The van der Waals surface area contributed by atoms with Gasteiger partial charge in [-0.25, -0.2) is 4.79 Å². The van der Waals surface area contributed by atoms with Gasteiger partial charge in [0.1, 0.15) is 0 Å². The first-order valence-corrected chi connectivity index (χ1v) is 8.37. The minimum Gasteiger partial charge on any atom is -0.452 e. The second-order valence-corrected chi connectivity index (χ2v) is 6.01. The van der Waals surface area contributed by atoms with Crippen molar-refractivity contribution < 1.29 is 32.3 Å². The molecular weight excluding hydrogens is 365 g/mol. The van der Waals surface area contributed by atoms with Gasteiger partial charge in [0.2, 0.25) is 0 Å². The van der Waals surface area contributed by atoms with E-state index in [4.69, 9.17) is 4.74 Å². The van der Waals surface area contributed by atoms with E-state index in [1.165, 1.54) is 18.2 Å². The van der Waals surface area contributed by atoms with Crippen molar-refractivity contribution in [3.63, 3.8) is 0 Å². The Morgan fingerprint density at radius 1 is 1.15 bits per heavy atom. The zero-order valence-electron chi connectivity index (χ0n) is 14.3. The number of hydrogen-bond donors (Lipinski definition) is 2. The maximum Gasteiger partial charge on any atom is 0.454 e.